The van der Waals surface area contributed by atoms with Crippen LogP contribution in [0.3, 0.4) is 0 Å². The highest BCUT2D eigenvalue weighted by Gasteiger charge is 2.33. The van der Waals surface area contributed by atoms with Crippen molar-refractivity contribution in [1.82, 2.24) is 20.5 Å². The molecule has 0 bridgehead atoms. The standard InChI is InChI=1S/C18H21ClN4O5/c1-28-9-16(24)23-5-4-13(15(8-23)22-18(26)27)21-17(25)14-7-10-6-11(19)2-3-12(10)20-14/h2-3,6-7,13,15,20,22H,4-5,8-9H2,1H3,(H,21,25)(H,26,27)/t13-,15-/m1/s1. The number of carbonyl (C=O) groups is 3. The van der Waals surface area contributed by atoms with Gasteiger partial charge in [-0.2, -0.15) is 0 Å². The van der Waals surface area contributed by atoms with Gasteiger partial charge < -0.3 is 30.4 Å². The normalized spacial score (nSPS) is 19.4. The largest absolute Gasteiger partial charge is 0.465 e. The number of ether oxygens (including phenoxy) is 1. The Hall–Kier alpha value is -2.78. The zero-order valence-electron chi connectivity index (χ0n) is 15.2. The number of H-pyrrole nitrogens is 1. The first kappa shape index (κ1) is 20.0. The number of rotatable bonds is 5. The van der Waals surface area contributed by atoms with E-state index >= 15 is 0 Å². The van der Waals surface area contributed by atoms with Gasteiger partial charge in [0.05, 0.1) is 12.1 Å². The Morgan fingerprint density at radius 1 is 1.29 bits per heavy atom. The van der Waals surface area contributed by atoms with Crippen molar-refractivity contribution in [2.45, 2.75) is 18.5 Å². The number of nitrogens with zero attached hydrogens (tertiary/aromatic N) is 1. The lowest BCUT2D eigenvalue weighted by Gasteiger charge is -2.38. The van der Waals surface area contributed by atoms with Gasteiger partial charge in [0.15, 0.2) is 0 Å². The molecule has 1 fully saturated rings. The number of hydrogen-bond acceptors (Lipinski definition) is 4. The summed E-state index contributed by atoms with van der Waals surface area (Å²) in [4.78, 5) is 40.4. The molecule has 2 heterocycles. The minimum absolute atomic E-state index is 0.0750. The number of aromatic amines is 1. The molecule has 3 amide bonds. The van der Waals surface area contributed by atoms with Crippen molar-refractivity contribution in [3.63, 3.8) is 0 Å². The number of likely N-dealkylation sites (tertiary alicyclic amines) is 1. The van der Waals surface area contributed by atoms with Gasteiger partial charge >= 0.3 is 6.09 Å². The van der Waals surface area contributed by atoms with Crippen LogP contribution >= 0.6 is 11.6 Å². The molecule has 0 aliphatic carbocycles. The highest BCUT2D eigenvalue weighted by atomic mass is 35.5. The maximum Gasteiger partial charge on any atom is 0.405 e. The first-order valence-electron chi connectivity index (χ1n) is 8.72. The van der Waals surface area contributed by atoms with Gasteiger partial charge in [-0.15, -0.1) is 0 Å². The van der Waals surface area contributed by atoms with Crippen molar-refractivity contribution in [2.24, 2.45) is 0 Å². The van der Waals surface area contributed by atoms with Gasteiger partial charge in [0.25, 0.3) is 5.91 Å². The number of amides is 3. The van der Waals surface area contributed by atoms with E-state index in [0.717, 1.165) is 10.9 Å². The second kappa shape index (κ2) is 8.49. The molecule has 1 saturated heterocycles. The summed E-state index contributed by atoms with van der Waals surface area (Å²) in [6.07, 6.45) is -0.802. The minimum atomic E-state index is -1.22. The molecular weight excluding hydrogens is 388 g/mol. The third kappa shape index (κ3) is 4.55. The van der Waals surface area contributed by atoms with Gasteiger partial charge in [0, 0.05) is 36.1 Å². The van der Waals surface area contributed by atoms with Crippen LogP contribution in [0.2, 0.25) is 5.02 Å². The van der Waals surface area contributed by atoms with Crippen LogP contribution in [0.4, 0.5) is 4.79 Å². The molecule has 0 radical (unpaired) electrons. The van der Waals surface area contributed by atoms with E-state index in [2.05, 4.69) is 15.6 Å². The van der Waals surface area contributed by atoms with Crippen LogP contribution in [0.1, 0.15) is 16.9 Å². The van der Waals surface area contributed by atoms with E-state index in [-0.39, 0.29) is 25.0 Å². The number of hydrogen-bond donors (Lipinski definition) is 4. The van der Waals surface area contributed by atoms with Crippen LogP contribution in [-0.2, 0) is 9.53 Å². The zero-order chi connectivity index (χ0) is 20.3. The first-order chi connectivity index (χ1) is 13.4. The molecule has 1 aliphatic heterocycles. The number of fused-ring (bicyclic) bond motifs is 1. The lowest BCUT2D eigenvalue weighted by Crippen LogP contribution is -2.61. The van der Waals surface area contributed by atoms with Crippen molar-refractivity contribution in [3.05, 3.63) is 35.0 Å². The number of nitrogens with one attached hydrogen (secondary N) is 3. The van der Waals surface area contributed by atoms with Gasteiger partial charge in [-0.05, 0) is 30.7 Å². The number of carbonyl (C=O) groups excluding carboxylic acids is 2. The average Bonchev–Trinajstić information content (AvgIpc) is 3.06. The summed E-state index contributed by atoms with van der Waals surface area (Å²) in [6.45, 7) is 0.476. The first-order valence-corrected chi connectivity index (χ1v) is 9.10. The molecular formula is C18H21ClN4O5. The Kier molecular flexibility index (Phi) is 6.05. The topological polar surface area (TPSA) is 124 Å². The molecule has 0 spiro atoms. The molecule has 1 aromatic heterocycles. The summed E-state index contributed by atoms with van der Waals surface area (Å²) in [5.74, 6) is -0.580. The SMILES string of the molecule is COCC(=O)N1CC[C@@H](NC(=O)c2cc3cc(Cl)ccc3[nH]2)[C@H](NC(=O)O)C1. The maximum atomic E-state index is 12.7. The summed E-state index contributed by atoms with van der Waals surface area (Å²) in [6, 6.07) is 5.86. The van der Waals surface area contributed by atoms with Gasteiger partial charge in [-0.25, -0.2) is 4.79 Å². The predicted octanol–water partition coefficient (Wildman–Crippen LogP) is 1.43. The molecule has 1 aromatic carbocycles. The van der Waals surface area contributed by atoms with E-state index in [9.17, 15) is 14.4 Å². The molecule has 0 saturated carbocycles. The quantitative estimate of drug-likeness (QED) is 0.596. The van der Waals surface area contributed by atoms with Crippen molar-refractivity contribution < 1.29 is 24.2 Å². The van der Waals surface area contributed by atoms with Crippen LogP contribution in [-0.4, -0.2) is 71.8 Å². The van der Waals surface area contributed by atoms with Crippen molar-refractivity contribution in [2.75, 3.05) is 26.8 Å². The Morgan fingerprint density at radius 3 is 2.79 bits per heavy atom. The number of methoxy groups -OCH3 is 1. The average molecular weight is 409 g/mol. The van der Waals surface area contributed by atoms with E-state index in [1.807, 2.05) is 0 Å². The second-order valence-electron chi connectivity index (χ2n) is 6.61. The summed E-state index contributed by atoms with van der Waals surface area (Å²) >= 11 is 5.97. The van der Waals surface area contributed by atoms with Gasteiger partial charge in [-0.3, -0.25) is 9.59 Å². The molecule has 4 N–H and O–H groups in total. The zero-order valence-corrected chi connectivity index (χ0v) is 16.0. The molecule has 150 valence electrons. The summed E-state index contributed by atoms with van der Waals surface area (Å²) < 4.78 is 4.85. The molecule has 2 aromatic rings. The number of benzene rings is 1. The van der Waals surface area contributed by atoms with Crippen LogP contribution in [0.15, 0.2) is 24.3 Å². The lowest BCUT2D eigenvalue weighted by molar-refractivity contribution is -0.136. The summed E-state index contributed by atoms with van der Waals surface area (Å²) in [5.41, 5.74) is 1.12. The molecule has 1 aliphatic rings. The highest BCUT2D eigenvalue weighted by molar-refractivity contribution is 6.31. The fourth-order valence-electron chi connectivity index (χ4n) is 3.34. The Balaban J connectivity index is 1.72. The predicted molar refractivity (Wildman–Crippen MR) is 103 cm³/mol. The van der Waals surface area contributed by atoms with Crippen molar-refractivity contribution in [3.8, 4) is 0 Å². The smallest absolute Gasteiger partial charge is 0.405 e. The van der Waals surface area contributed by atoms with E-state index < -0.39 is 18.2 Å². The van der Waals surface area contributed by atoms with Crippen LogP contribution in [0.25, 0.3) is 10.9 Å². The number of aromatic nitrogens is 1. The van der Waals surface area contributed by atoms with Crippen LogP contribution in [0.5, 0.6) is 0 Å². The number of halogens is 1. The Bertz CT molecular complexity index is 899. The van der Waals surface area contributed by atoms with Gasteiger partial charge in [-0.1, -0.05) is 11.6 Å². The Labute approximate surface area is 166 Å². The molecule has 10 heteroatoms. The van der Waals surface area contributed by atoms with Crippen LogP contribution in [0, 0.1) is 0 Å². The fourth-order valence-corrected chi connectivity index (χ4v) is 3.52. The fraction of sp³-hybridized carbons (Fsp3) is 0.389. The van der Waals surface area contributed by atoms with E-state index in [4.69, 9.17) is 21.4 Å². The Morgan fingerprint density at radius 2 is 2.07 bits per heavy atom. The molecule has 28 heavy (non-hydrogen) atoms. The summed E-state index contributed by atoms with van der Waals surface area (Å²) in [7, 11) is 1.42. The van der Waals surface area contributed by atoms with E-state index in [1.165, 1.54) is 12.0 Å². The highest BCUT2D eigenvalue weighted by Crippen LogP contribution is 2.20. The molecule has 3 rings (SSSR count). The summed E-state index contributed by atoms with van der Waals surface area (Å²) in [5, 5.41) is 15.7. The lowest BCUT2D eigenvalue weighted by atomic mass is 9.99. The van der Waals surface area contributed by atoms with Crippen molar-refractivity contribution >= 4 is 40.4 Å². The molecule has 9 nitrogen and oxygen atoms in total. The monoisotopic (exact) mass is 408 g/mol. The number of piperidine rings is 1. The van der Waals surface area contributed by atoms with E-state index in [1.54, 1.807) is 24.3 Å². The minimum Gasteiger partial charge on any atom is -0.465 e. The second-order valence-corrected chi connectivity index (χ2v) is 7.05. The van der Waals surface area contributed by atoms with Gasteiger partial charge in [0.1, 0.15) is 12.3 Å². The third-order valence-electron chi connectivity index (χ3n) is 4.69. The number of carboxylic acid groups (broad SMARTS) is 1. The third-order valence-corrected chi connectivity index (χ3v) is 4.92. The van der Waals surface area contributed by atoms with Crippen molar-refractivity contribution in [1.29, 1.82) is 0 Å². The molecule has 0 unspecified atom stereocenters. The van der Waals surface area contributed by atoms with Gasteiger partial charge in [0.2, 0.25) is 5.91 Å². The maximum absolute atomic E-state index is 12.7. The van der Waals surface area contributed by atoms with Crippen LogP contribution < -0.4 is 10.6 Å². The molecule has 2 atom stereocenters. The van der Waals surface area contributed by atoms with E-state index in [0.29, 0.717) is 23.7 Å².